The molecule has 2 saturated heterocycles. The molecule has 2 aliphatic rings. The standard InChI is InChI=1S/C51H64N8O5S/c1-37-48(46(54(7)52-37)36-63-40-22-20-39(21-23-40)56-29-31-58(32-30-56)65-53(5)6)44-17-11-16-43-42(18-12-34-62-47-19-10-14-38-13-8-9-15-41(38)47)45(35-60)59(49(43)44)33-26-55-24-27-57(28-25-55)50(61)64-51(2,3)4/h8-11,13-17,19-23,35H,12,18,24-34,36H2,1-7H3. The van der Waals surface area contributed by atoms with Gasteiger partial charge in [-0.1, -0.05) is 54.6 Å². The molecule has 2 aliphatic heterocycles. The summed E-state index contributed by atoms with van der Waals surface area (Å²) in [6.45, 7) is 16.4. The zero-order valence-corrected chi connectivity index (χ0v) is 39.9. The molecule has 1 amide bonds. The molecule has 0 bridgehead atoms. The third kappa shape index (κ3) is 10.8. The van der Waals surface area contributed by atoms with Gasteiger partial charge in [-0.25, -0.2) is 13.4 Å². The first kappa shape index (κ1) is 46.0. The normalized spacial score (nSPS) is 15.3. The van der Waals surface area contributed by atoms with E-state index < -0.39 is 5.60 Å². The van der Waals surface area contributed by atoms with E-state index >= 15 is 0 Å². The summed E-state index contributed by atoms with van der Waals surface area (Å²) < 4.78 is 27.3. The van der Waals surface area contributed by atoms with Gasteiger partial charge in [0.05, 0.1) is 29.2 Å². The number of aldehydes is 1. The Kier molecular flexibility index (Phi) is 14.4. The number of anilines is 1. The molecule has 0 unspecified atom stereocenters. The van der Waals surface area contributed by atoms with Crippen LogP contribution < -0.4 is 14.4 Å². The van der Waals surface area contributed by atoms with Gasteiger partial charge in [0.15, 0.2) is 6.29 Å². The summed E-state index contributed by atoms with van der Waals surface area (Å²) in [5.41, 5.74) is 7.24. The maximum atomic E-state index is 13.4. The van der Waals surface area contributed by atoms with Gasteiger partial charge >= 0.3 is 6.09 Å². The van der Waals surface area contributed by atoms with E-state index in [1.165, 1.54) is 5.69 Å². The molecule has 0 spiro atoms. The number of aromatic nitrogens is 3. The highest BCUT2D eigenvalue weighted by Gasteiger charge is 2.28. The predicted molar refractivity (Wildman–Crippen MR) is 262 cm³/mol. The van der Waals surface area contributed by atoms with E-state index in [1.54, 1.807) is 17.0 Å². The number of hydrogen-bond donors (Lipinski definition) is 0. The van der Waals surface area contributed by atoms with Crippen molar-refractivity contribution in [2.45, 2.75) is 59.3 Å². The van der Waals surface area contributed by atoms with E-state index in [0.29, 0.717) is 51.5 Å². The fourth-order valence-corrected chi connectivity index (χ4v) is 9.98. The minimum atomic E-state index is -0.543. The minimum absolute atomic E-state index is 0.275. The van der Waals surface area contributed by atoms with Crippen molar-refractivity contribution in [3.05, 3.63) is 108 Å². The van der Waals surface area contributed by atoms with Gasteiger partial charge in [-0.3, -0.25) is 14.4 Å². The van der Waals surface area contributed by atoms with Gasteiger partial charge in [0.25, 0.3) is 0 Å². The van der Waals surface area contributed by atoms with Crippen LogP contribution in [0.2, 0.25) is 0 Å². The van der Waals surface area contributed by atoms with Crippen molar-refractivity contribution < 1.29 is 23.8 Å². The highest BCUT2D eigenvalue weighted by molar-refractivity contribution is 7.94. The van der Waals surface area contributed by atoms with E-state index in [4.69, 9.17) is 19.3 Å². The summed E-state index contributed by atoms with van der Waals surface area (Å²) in [6.07, 6.45) is 2.15. The smallest absolute Gasteiger partial charge is 0.410 e. The van der Waals surface area contributed by atoms with Crippen LogP contribution in [0, 0.1) is 6.92 Å². The number of ether oxygens (including phenoxy) is 3. The third-order valence-electron chi connectivity index (χ3n) is 12.3. The van der Waals surface area contributed by atoms with Crippen LogP contribution in [0.25, 0.3) is 32.8 Å². The molecule has 0 radical (unpaired) electrons. The highest BCUT2D eigenvalue weighted by Crippen LogP contribution is 2.38. The molecule has 4 aromatic carbocycles. The zero-order valence-electron chi connectivity index (χ0n) is 39.1. The van der Waals surface area contributed by atoms with Crippen LogP contribution in [0.4, 0.5) is 10.5 Å². The van der Waals surface area contributed by atoms with Crippen molar-refractivity contribution >= 4 is 51.9 Å². The fraction of sp³-hybridized carbons (Fsp3) is 0.431. The molecule has 0 N–H and O–H groups in total. The molecule has 344 valence electrons. The summed E-state index contributed by atoms with van der Waals surface area (Å²) in [5, 5.41) is 8.22. The number of carbonyl (C=O) groups is 2. The second-order valence-electron chi connectivity index (χ2n) is 18.2. The molecule has 65 heavy (non-hydrogen) atoms. The molecule has 6 aromatic rings. The number of hydrogen-bond acceptors (Lipinski definition) is 11. The molecule has 13 nitrogen and oxygen atoms in total. The van der Waals surface area contributed by atoms with E-state index in [-0.39, 0.29) is 6.09 Å². The van der Waals surface area contributed by atoms with Crippen LogP contribution in [0.15, 0.2) is 84.9 Å². The highest BCUT2D eigenvalue weighted by atomic mass is 32.2. The summed E-state index contributed by atoms with van der Waals surface area (Å²) in [4.78, 5) is 32.8. The molecule has 0 aliphatic carbocycles. The van der Waals surface area contributed by atoms with Crippen LogP contribution in [0.1, 0.15) is 54.6 Å². The summed E-state index contributed by atoms with van der Waals surface area (Å²) >= 11 is 1.77. The number of fused-ring (bicyclic) bond motifs is 2. The van der Waals surface area contributed by atoms with Crippen LogP contribution in [-0.2, 0) is 31.4 Å². The number of benzene rings is 4. The molecule has 0 atom stereocenters. The lowest BCUT2D eigenvalue weighted by molar-refractivity contribution is 0.0143. The second kappa shape index (κ2) is 20.3. The van der Waals surface area contributed by atoms with Gasteiger partial charge in [0, 0.05) is 112 Å². The van der Waals surface area contributed by atoms with Crippen molar-refractivity contribution in [3.8, 4) is 22.6 Å². The Bertz CT molecular complexity index is 2580. The number of amides is 1. The largest absolute Gasteiger partial charge is 0.493 e. The lowest BCUT2D eigenvalue weighted by Gasteiger charge is -2.36. The number of piperazine rings is 2. The fourth-order valence-electron chi connectivity index (χ4n) is 9.19. The average Bonchev–Trinajstić information content (AvgIpc) is 3.76. The van der Waals surface area contributed by atoms with Gasteiger partial charge < -0.3 is 28.6 Å². The Morgan fingerprint density at radius 2 is 1.54 bits per heavy atom. The Labute approximate surface area is 388 Å². The van der Waals surface area contributed by atoms with Crippen molar-refractivity contribution in [1.82, 2.24) is 32.8 Å². The minimum Gasteiger partial charge on any atom is -0.493 e. The zero-order chi connectivity index (χ0) is 45.7. The first-order valence-corrected chi connectivity index (χ1v) is 23.6. The third-order valence-corrected chi connectivity index (χ3v) is 13.2. The van der Waals surface area contributed by atoms with E-state index in [0.717, 1.165) is 113 Å². The van der Waals surface area contributed by atoms with Gasteiger partial charge in [0.1, 0.15) is 23.7 Å². The number of para-hydroxylation sites is 1. The first-order valence-electron chi connectivity index (χ1n) is 22.9. The monoisotopic (exact) mass is 900 g/mol. The van der Waals surface area contributed by atoms with Crippen molar-refractivity contribution in [2.75, 3.05) is 84.5 Å². The molecular formula is C51H64N8O5S. The van der Waals surface area contributed by atoms with Crippen LogP contribution in [0.5, 0.6) is 11.5 Å². The van der Waals surface area contributed by atoms with Crippen molar-refractivity contribution in [3.63, 3.8) is 0 Å². The average molecular weight is 901 g/mol. The Morgan fingerprint density at radius 3 is 2.26 bits per heavy atom. The molecule has 8 rings (SSSR count). The number of nitrogens with zero attached hydrogens (tertiary/aromatic N) is 8. The van der Waals surface area contributed by atoms with Crippen molar-refractivity contribution in [1.29, 1.82) is 0 Å². The number of carbonyl (C=O) groups excluding carboxylic acids is 2. The van der Waals surface area contributed by atoms with Crippen LogP contribution in [-0.4, -0.2) is 130 Å². The van der Waals surface area contributed by atoms with Crippen LogP contribution in [0.3, 0.4) is 0 Å². The quantitative estimate of drug-likeness (QED) is 0.0530. The molecular weight excluding hydrogens is 837 g/mol. The molecule has 2 fully saturated rings. The Balaban J connectivity index is 1.04. The molecule has 14 heteroatoms. The summed E-state index contributed by atoms with van der Waals surface area (Å²) in [6, 6.07) is 29.2. The van der Waals surface area contributed by atoms with Crippen molar-refractivity contribution in [2.24, 2.45) is 7.05 Å². The number of rotatable bonds is 16. The maximum Gasteiger partial charge on any atom is 0.410 e. The Hall–Kier alpha value is -5.54. The summed E-state index contributed by atoms with van der Waals surface area (Å²) in [7, 11) is 6.14. The lowest BCUT2D eigenvalue weighted by atomic mass is 9.98. The van der Waals surface area contributed by atoms with Gasteiger partial charge in [0.2, 0.25) is 0 Å². The molecule has 0 saturated carbocycles. The maximum absolute atomic E-state index is 13.4. The van der Waals surface area contributed by atoms with E-state index in [1.807, 2.05) is 63.7 Å². The SMILES string of the molecule is Cc1nn(C)c(COc2ccc(N3CCN(SN(C)C)CC3)cc2)c1-c1cccc2c(CCCOc3cccc4ccccc34)c(C=O)n(CCN3CCN(C(=O)OC(C)(C)C)CC3)c12. The number of aryl methyl sites for hydroxylation is 3. The van der Waals surface area contributed by atoms with Gasteiger partial charge in [-0.05, 0) is 95.9 Å². The van der Waals surface area contributed by atoms with Gasteiger partial charge in [-0.15, -0.1) is 0 Å². The van der Waals surface area contributed by atoms with E-state index in [9.17, 15) is 9.59 Å². The predicted octanol–water partition coefficient (Wildman–Crippen LogP) is 8.71. The topological polar surface area (TPSA) is 101 Å². The second-order valence-corrected chi connectivity index (χ2v) is 19.6. The summed E-state index contributed by atoms with van der Waals surface area (Å²) in [5.74, 6) is 1.66. The first-order chi connectivity index (χ1) is 31.4. The van der Waals surface area contributed by atoms with Crippen LogP contribution >= 0.6 is 12.1 Å². The Morgan fingerprint density at radius 1 is 0.831 bits per heavy atom. The van der Waals surface area contributed by atoms with E-state index in [2.05, 4.69) is 97.7 Å². The molecule has 2 aromatic heterocycles. The van der Waals surface area contributed by atoms with Gasteiger partial charge in [-0.2, -0.15) is 5.10 Å². The lowest BCUT2D eigenvalue weighted by Crippen LogP contribution is -2.50. The molecule has 4 heterocycles.